The highest BCUT2D eigenvalue weighted by atomic mass is 19.1. The largest absolute Gasteiger partial charge is 0.508 e. The van der Waals surface area contributed by atoms with Gasteiger partial charge in [-0.25, -0.2) is 9.18 Å². The average molecular weight is 547 g/mol. The standard InChI is InChI=1S/C26H26FNO11/c27-15-7-12(1-2-16(15)30)26(35)39-25-23(13-8-18(32)22(34)19(33)9-13)38-20-11-14(29)10-17(31)21(20)24(25)37-6-5-36-4-3-28/h1-2,7-11,23-25,29-34H,3-6,28H2. The van der Waals surface area contributed by atoms with Gasteiger partial charge in [0.05, 0.1) is 30.9 Å². The minimum atomic E-state index is -1.45. The summed E-state index contributed by atoms with van der Waals surface area (Å²) in [6.45, 7) is 0.495. The number of ether oxygens (including phenoxy) is 4. The number of phenols is 6. The maximum absolute atomic E-state index is 14.0. The number of hydrogen-bond acceptors (Lipinski definition) is 12. The SMILES string of the molecule is NCCOCCOC1c2c(O)cc(O)cc2OC(c2cc(O)c(O)c(O)c2)C1OC(=O)c1ccc(O)c(F)c1. The van der Waals surface area contributed by atoms with Crippen LogP contribution < -0.4 is 10.5 Å². The van der Waals surface area contributed by atoms with Gasteiger partial charge in [0.15, 0.2) is 41.0 Å². The molecule has 0 fully saturated rings. The molecule has 0 saturated carbocycles. The number of carbonyl (C=O) groups excluding carboxylic acids is 1. The predicted molar refractivity (Wildman–Crippen MR) is 130 cm³/mol. The van der Waals surface area contributed by atoms with Crippen LogP contribution in [0.3, 0.4) is 0 Å². The summed E-state index contributed by atoms with van der Waals surface area (Å²) in [5.74, 6) is -5.92. The molecule has 3 aromatic carbocycles. The van der Waals surface area contributed by atoms with Gasteiger partial charge < -0.3 is 55.3 Å². The summed E-state index contributed by atoms with van der Waals surface area (Å²) >= 11 is 0. The predicted octanol–water partition coefficient (Wildman–Crippen LogP) is 2.45. The molecule has 13 heteroatoms. The Labute approximate surface area is 220 Å². The van der Waals surface area contributed by atoms with Gasteiger partial charge in [0.2, 0.25) is 0 Å². The number of hydrogen-bond donors (Lipinski definition) is 7. The number of fused-ring (bicyclic) bond motifs is 1. The van der Waals surface area contributed by atoms with E-state index in [4.69, 9.17) is 24.7 Å². The number of benzene rings is 3. The Bertz CT molecular complexity index is 1340. The van der Waals surface area contributed by atoms with E-state index < -0.39 is 58.8 Å². The van der Waals surface area contributed by atoms with Crippen molar-refractivity contribution in [2.75, 3.05) is 26.4 Å². The van der Waals surface area contributed by atoms with E-state index in [2.05, 4.69) is 0 Å². The Morgan fingerprint density at radius 2 is 1.62 bits per heavy atom. The number of nitrogens with two attached hydrogens (primary N) is 1. The van der Waals surface area contributed by atoms with Gasteiger partial charge in [-0.1, -0.05) is 0 Å². The van der Waals surface area contributed by atoms with Gasteiger partial charge in [-0.05, 0) is 30.3 Å². The van der Waals surface area contributed by atoms with E-state index in [1.54, 1.807) is 0 Å². The van der Waals surface area contributed by atoms with Crippen LogP contribution in [-0.2, 0) is 14.2 Å². The molecule has 8 N–H and O–H groups in total. The number of esters is 1. The van der Waals surface area contributed by atoms with Crippen LogP contribution in [0.1, 0.15) is 33.7 Å². The highest BCUT2D eigenvalue weighted by Crippen LogP contribution is 2.51. The molecule has 12 nitrogen and oxygen atoms in total. The van der Waals surface area contributed by atoms with E-state index in [9.17, 15) is 39.8 Å². The zero-order chi connectivity index (χ0) is 28.3. The number of carbonyl (C=O) groups is 1. The normalized spacial score (nSPS) is 18.3. The Hall–Kier alpha value is -4.46. The lowest BCUT2D eigenvalue weighted by atomic mass is 9.90. The quantitative estimate of drug-likeness (QED) is 0.117. The third-order valence-corrected chi connectivity index (χ3v) is 5.87. The smallest absolute Gasteiger partial charge is 0.338 e. The lowest BCUT2D eigenvalue weighted by molar-refractivity contribution is -0.117. The zero-order valence-corrected chi connectivity index (χ0v) is 20.3. The lowest BCUT2D eigenvalue weighted by Gasteiger charge is -2.39. The third kappa shape index (κ3) is 5.85. The summed E-state index contributed by atoms with van der Waals surface area (Å²) in [6, 6.07) is 7.15. The van der Waals surface area contributed by atoms with Crippen molar-refractivity contribution >= 4 is 5.97 Å². The molecule has 3 unspecified atom stereocenters. The Morgan fingerprint density at radius 1 is 0.897 bits per heavy atom. The van der Waals surface area contributed by atoms with Gasteiger partial charge >= 0.3 is 5.97 Å². The number of halogens is 1. The fourth-order valence-electron chi connectivity index (χ4n) is 4.10. The van der Waals surface area contributed by atoms with Crippen molar-refractivity contribution in [3.05, 3.63) is 65.0 Å². The van der Waals surface area contributed by atoms with Crippen molar-refractivity contribution in [2.24, 2.45) is 5.73 Å². The first-order valence-electron chi connectivity index (χ1n) is 11.7. The van der Waals surface area contributed by atoms with Gasteiger partial charge in [-0.15, -0.1) is 0 Å². The minimum absolute atomic E-state index is 0.00443. The first-order valence-corrected chi connectivity index (χ1v) is 11.7. The molecule has 39 heavy (non-hydrogen) atoms. The van der Waals surface area contributed by atoms with Crippen LogP contribution in [0.15, 0.2) is 42.5 Å². The monoisotopic (exact) mass is 547 g/mol. The fraction of sp³-hybridized carbons (Fsp3) is 0.269. The van der Waals surface area contributed by atoms with Crippen LogP contribution in [0.5, 0.6) is 40.2 Å². The van der Waals surface area contributed by atoms with Crippen molar-refractivity contribution in [3.8, 4) is 40.2 Å². The number of phenolic OH excluding ortho intramolecular Hbond substituents is 6. The molecule has 0 radical (unpaired) electrons. The van der Waals surface area contributed by atoms with E-state index >= 15 is 0 Å². The van der Waals surface area contributed by atoms with Crippen LogP contribution in [0.25, 0.3) is 0 Å². The molecule has 3 atom stereocenters. The molecule has 0 saturated heterocycles. The molecule has 208 valence electrons. The maximum atomic E-state index is 14.0. The topological polar surface area (TPSA) is 201 Å². The van der Waals surface area contributed by atoms with Gasteiger partial charge in [-0.3, -0.25) is 0 Å². The molecular weight excluding hydrogens is 521 g/mol. The summed E-state index contributed by atoms with van der Waals surface area (Å²) < 4.78 is 36.9. The molecule has 0 aromatic heterocycles. The van der Waals surface area contributed by atoms with Crippen molar-refractivity contribution < 1.29 is 58.8 Å². The first kappa shape index (κ1) is 27.6. The van der Waals surface area contributed by atoms with Gasteiger partial charge in [0, 0.05) is 24.2 Å². The molecule has 0 aliphatic carbocycles. The lowest BCUT2D eigenvalue weighted by Crippen LogP contribution is -2.40. The molecule has 1 aliphatic rings. The minimum Gasteiger partial charge on any atom is -0.508 e. The van der Waals surface area contributed by atoms with Crippen LogP contribution in [0.2, 0.25) is 0 Å². The Morgan fingerprint density at radius 3 is 2.28 bits per heavy atom. The Balaban J connectivity index is 1.80. The fourth-order valence-corrected chi connectivity index (χ4v) is 4.10. The second kappa shape index (κ2) is 11.5. The molecule has 0 bridgehead atoms. The van der Waals surface area contributed by atoms with Crippen LogP contribution in [0.4, 0.5) is 4.39 Å². The molecule has 1 aliphatic heterocycles. The van der Waals surface area contributed by atoms with Crippen molar-refractivity contribution in [1.29, 1.82) is 0 Å². The summed E-state index contributed by atoms with van der Waals surface area (Å²) in [5.41, 5.74) is 5.17. The van der Waals surface area contributed by atoms with Crippen molar-refractivity contribution in [1.82, 2.24) is 0 Å². The van der Waals surface area contributed by atoms with Crippen molar-refractivity contribution in [3.63, 3.8) is 0 Å². The molecule has 0 amide bonds. The van der Waals surface area contributed by atoms with Crippen LogP contribution in [-0.4, -0.2) is 69.1 Å². The summed E-state index contributed by atoms with van der Waals surface area (Å²) in [6.07, 6.45) is -4.07. The summed E-state index contributed by atoms with van der Waals surface area (Å²) in [5, 5.41) is 60.2. The highest BCUT2D eigenvalue weighted by molar-refractivity contribution is 5.89. The maximum Gasteiger partial charge on any atom is 0.338 e. The molecule has 3 aromatic rings. The van der Waals surface area contributed by atoms with Crippen LogP contribution >= 0.6 is 0 Å². The van der Waals surface area contributed by atoms with E-state index in [1.165, 1.54) is 6.07 Å². The molecule has 1 heterocycles. The average Bonchev–Trinajstić information content (AvgIpc) is 2.88. The third-order valence-electron chi connectivity index (χ3n) is 5.87. The van der Waals surface area contributed by atoms with Gasteiger partial charge in [0.1, 0.15) is 23.4 Å². The zero-order valence-electron chi connectivity index (χ0n) is 20.3. The molecule has 4 rings (SSSR count). The second-order valence-corrected chi connectivity index (χ2v) is 8.55. The second-order valence-electron chi connectivity index (χ2n) is 8.55. The molecule has 0 spiro atoms. The Kier molecular flexibility index (Phi) is 8.14. The van der Waals surface area contributed by atoms with Crippen LogP contribution in [0, 0.1) is 5.82 Å². The summed E-state index contributed by atoms with van der Waals surface area (Å²) in [7, 11) is 0. The highest BCUT2D eigenvalue weighted by Gasteiger charge is 2.45. The number of rotatable bonds is 9. The van der Waals surface area contributed by atoms with E-state index in [1.807, 2.05) is 0 Å². The first-order chi connectivity index (χ1) is 18.6. The van der Waals surface area contributed by atoms with Gasteiger partial charge in [0.25, 0.3) is 0 Å². The number of aromatic hydroxyl groups is 6. The van der Waals surface area contributed by atoms with E-state index in [0.29, 0.717) is 0 Å². The van der Waals surface area contributed by atoms with Gasteiger partial charge in [-0.2, -0.15) is 0 Å². The van der Waals surface area contributed by atoms with E-state index in [-0.39, 0.29) is 54.6 Å². The molecular formula is C26H26FNO11. The van der Waals surface area contributed by atoms with Crippen molar-refractivity contribution in [2.45, 2.75) is 18.3 Å². The van der Waals surface area contributed by atoms with E-state index in [0.717, 1.165) is 36.4 Å². The summed E-state index contributed by atoms with van der Waals surface area (Å²) in [4.78, 5) is 13.1.